The first kappa shape index (κ1) is 13.8. The van der Waals surface area contributed by atoms with Crippen molar-refractivity contribution in [1.82, 2.24) is 15.5 Å². The van der Waals surface area contributed by atoms with E-state index in [2.05, 4.69) is 15.5 Å². The Morgan fingerprint density at radius 2 is 2.24 bits per heavy atom. The molecule has 112 valence electrons. The predicted molar refractivity (Wildman–Crippen MR) is 74.4 cm³/mol. The number of hydrogen-bond acceptors (Lipinski definition) is 7. The van der Waals surface area contributed by atoms with E-state index in [0.29, 0.717) is 30.7 Å². The fourth-order valence-corrected chi connectivity index (χ4v) is 2.40. The van der Waals surface area contributed by atoms with Crippen LogP contribution in [0.25, 0.3) is 11.4 Å². The second-order valence-corrected chi connectivity index (χ2v) is 4.88. The van der Waals surface area contributed by atoms with E-state index in [0.717, 1.165) is 5.56 Å². The highest BCUT2D eigenvalue weighted by Crippen LogP contribution is 2.31. The van der Waals surface area contributed by atoms with Gasteiger partial charge in [0.2, 0.25) is 11.7 Å². The Morgan fingerprint density at radius 1 is 1.38 bits per heavy atom. The van der Waals surface area contributed by atoms with E-state index >= 15 is 0 Å². The predicted octanol–water partition coefficient (Wildman–Crippen LogP) is 1.15. The molecule has 1 aliphatic heterocycles. The second kappa shape index (κ2) is 5.71. The molecule has 7 heteroatoms. The molecule has 2 unspecified atom stereocenters. The van der Waals surface area contributed by atoms with Crippen LogP contribution in [0.4, 0.5) is 0 Å². The number of ether oxygens (including phenoxy) is 2. The lowest BCUT2D eigenvalue weighted by Gasteiger charge is -2.11. The van der Waals surface area contributed by atoms with Gasteiger partial charge in [-0.05, 0) is 25.2 Å². The third-order valence-corrected chi connectivity index (χ3v) is 3.65. The van der Waals surface area contributed by atoms with Gasteiger partial charge < -0.3 is 24.4 Å². The van der Waals surface area contributed by atoms with E-state index in [1.54, 1.807) is 18.2 Å². The monoisotopic (exact) mass is 291 g/mol. The van der Waals surface area contributed by atoms with Gasteiger partial charge in [-0.15, -0.1) is 0 Å². The number of nitrogens with zero attached hydrogens (tertiary/aromatic N) is 2. The number of hydrogen-bond donors (Lipinski definition) is 2. The van der Waals surface area contributed by atoms with Crippen LogP contribution in [0.2, 0.25) is 0 Å². The van der Waals surface area contributed by atoms with Crippen molar-refractivity contribution in [3.05, 3.63) is 24.1 Å². The van der Waals surface area contributed by atoms with Crippen molar-refractivity contribution in [2.45, 2.75) is 12.0 Å². The standard InChI is InChI=1S/C14H17N3O4/c1-15-10-7-20-6-9(10)14-16-13(17-21-14)8-3-4-11(18)12(5-8)19-2/h3-5,9-10,15,18H,6-7H2,1-2H3. The third-order valence-electron chi connectivity index (χ3n) is 3.65. The molecule has 7 nitrogen and oxygen atoms in total. The van der Waals surface area contributed by atoms with Crippen LogP contribution in [-0.4, -0.2) is 48.7 Å². The molecule has 0 bridgehead atoms. The lowest BCUT2D eigenvalue weighted by molar-refractivity contribution is 0.185. The average Bonchev–Trinajstić information content (AvgIpc) is 3.16. The smallest absolute Gasteiger partial charge is 0.234 e. The first-order chi connectivity index (χ1) is 10.2. The van der Waals surface area contributed by atoms with Gasteiger partial charge >= 0.3 is 0 Å². The Balaban J connectivity index is 1.88. The lowest BCUT2D eigenvalue weighted by atomic mass is 10.0. The first-order valence-corrected chi connectivity index (χ1v) is 6.69. The number of phenols is 1. The van der Waals surface area contributed by atoms with Gasteiger partial charge in [-0.25, -0.2) is 0 Å². The molecule has 21 heavy (non-hydrogen) atoms. The van der Waals surface area contributed by atoms with Crippen LogP contribution in [0.3, 0.4) is 0 Å². The van der Waals surface area contributed by atoms with Crippen LogP contribution in [0.5, 0.6) is 11.5 Å². The quantitative estimate of drug-likeness (QED) is 0.873. The zero-order valence-corrected chi connectivity index (χ0v) is 11.9. The summed E-state index contributed by atoms with van der Waals surface area (Å²) in [5.74, 6) is 1.51. The van der Waals surface area contributed by atoms with Crippen molar-refractivity contribution in [3.8, 4) is 22.9 Å². The molecule has 1 fully saturated rings. The Kier molecular flexibility index (Phi) is 3.76. The number of likely N-dealkylation sites (N-methyl/N-ethyl adjacent to an activating group) is 1. The van der Waals surface area contributed by atoms with E-state index in [1.165, 1.54) is 7.11 Å². The van der Waals surface area contributed by atoms with Gasteiger partial charge in [0, 0.05) is 11.6 Å². The number of aromatic hydroxyl groups is 1. The highest BCUT2D eigenvalue weighted by Gasteiger charge is 2.33. The molecule has 0 saturated carbocycles. The molecule has 0 amide bonds. The maximum Gasteiger partial charge on any atom is 0.234 e. The summed E-state index contributed by atoms with van der Waals surface area (Å²) >= 11 is 0. The molecule has 0 spiro atoms. The molecule has 0 radical (unpaired) electrons. The molecule has 3 rings (SSSR count). The van der Waals surface area contributed by atoms with Crippen molar-refractivity contribution in [2.24, 2.45) is 0 Å². The van der Waals surface area contributed by atoms with Gasteiger partial charge in [-0.3, -0.25) is 0 Å². The molecule has 0 aliphatic carbocycles. The maximum atomic E-state index is 9.61. The number of rotatable bonds is 4. The highest BCUT2D eigenvalue weighted by atomic mass is 16.5. The normalized spacial score (nSPS) is 21.6. The van der Waals surface area contributed by atoms with E-state index < -0.39 is 0 Å². The molecule has 2 atom stereocenters. The van der Waals surface area contributed by atoms with Gasteiger partial charge in [-0.2, -0.15) is 4.98 Å². The van der Waals surface area contributed by atoms with Gasteiger partial charge in [0.25, 0.3) is 0 Å². The molecular weight excluding hydrogens is 274 g/mol. The molecular formula is C14H17N3O4. The summed E-state index contributed by atoms with van der Waals surface area (Å²) in [6.45, 7) is 1.19. The summed E-state index contributed by atoms with van der Waals surface area (Å²) in [5.41, 5.74) is 0.722. The lowest BCUT2D eigenvalue weighted by Crippen LogP contribution is -2.31. The fraction of sp³-hybridized carbons (Fsp3) is 0.429. The minimum Gasteiger partial charge on any atom is -0.504 e. The van der Waals surface area contributed by atoms with Crippen LogP contribution in [0, 0.1) is 0 Å². The SMILES string of the molecule is CNC1COCC1c1nc(-c2ccc(O)c(OC)c2)no1. The van der Waals surface area contributed by atoms with Crippen molar-refractivity contribution < 1.29 is 19.1 Å². The summed E-state index contributed by atoms with van der Waals surface area (Å²) in [6, 6.07) is 5.10. The molecule has 2 aromatic rings. The molecule has 2 heterocycles. The van der Waals surface area contributed by atoms with Crippen LogP contribution in [-0.2, 0) is 4.74 Å². The Morgan fingerprint density at radius 3 is 3.00 bits per heavy atom. The van der Waals surface area contributed by atoms with E-state index in [-0.39, 0.29) is 17.7 Å². The van der Waals surface area contributed by atoms with Crippen molar-refractivity contribution in [1.29, 1.82) is 0 Å². The zero-order chi connectivity index (χ0) is 14.8. The van der Waals surface area contributed by atoms with Crippen molar-refractivity contribution in [3.63, 3.8) is 0 Å². The van der Waals surface area contributed by atoms with Gasteiger partial charge in [0.15, 0.2) is 11.5 Å². The molecule has 1 saturated heterocycles. The largest absolute Gasteiger partial charge is 0.504 e. The molecule has 2 N–H and O–H groups in total. The number of nitrogens with one attached hydrogen (secondary N) is 1. The van der Waals surface area contributed by atoms with Crippen LogP contribution in [0.1, 0.15) is 11.8 Å². The topological polar surface area (TPSA) is 89.6 Å². The van der Waals surface area contributed by atoms with Gasteiger partial charge in [-0.1, -0.05) is 5.16 Å². The van der Waals surface area contributed by atoms with Crippen LogP contribution >= 0.6 is 0 Å². The maximum absolute atomic E-state index is 9.61. The second-order valence-electron chi connectivity index (χ2n) is 4.88. The van der Waals surface area contributed by atoms with E-state index in [9.17, 15) is 5.11 Å². The Hall–Kier alpha value is -2.12. The minimum absolute atomic E-state index is 0.0512. The molecule has 1 aromatic heterocycles. The Bertz CT molecular complexity index is 628. The summed E-state index contributed by atoms with van der Waals surface area (Å²) in [4.78, 5) is 4.43. The first-order valence-electron chi connectivity index (χ1n) is 6.69. The summed E-state index contributed by atoms with van der Waals surface area (Å²) in [5, 5.41) is 16.8. The number of benzene rings is 1. The average molecular weight is 291 g/mol. The van der Waals surface area contributed by atoms with Crippen LogP contribution < -0.4 is 10.1 Å². The van der Waals surface area contributed by atoms with E-state index in [4.69, 9.17) is 14.0 Å². The number of methoxy groups -OCH3 is 1. The zero-order valence-electron chi connectivity index (χ0n) is 11.9. The van der Waals surface area contributed by atoms with Gasteiger partial charge in [0.1, 0.15) is 0 Å². The van der Waals surface area contributed by atoms with Crippen LogP contribution in [0.15, 0.2) is 22.7 Å². The van der Waals surface area contributed by atoms with Gasteiger partial charge in [0.05, 0.1) is 26.2 Å². The Labute approximate surface area is 121 Å². The van der Waals surface area contributed by atoms with Crippen molar-refractivity contribution >= 4 is 0 Å². The summed E-state index contributed by atoms with van der Waals surface area (Å²) in [6.07, 6.45) is 0. The highest BCUT2D eigenvalue weighted by molar-refractivity contribution is 5.60. The minimum atomic E-state index is 0.0512. The molecule has 1 aromatic carbocycles. The molecule has 1 aliphatic rings. The van der Waals surface area contributed by atoms with Crippen molar-refractivity contribution in [2.75, 3.05) is 27.4 Å². The van der Waals surface area contributed by atoms with E-state index in [1.807, 2.05) is 7.05 Å². The number of aromatic nitrogens is 2. The summed E-state index contributed by atoms with van der Waals surface area (Å²) in [7, 11) is 3.38. The third kappa shape index (κ3) is 2.57. The number of phenolic OH excluding ortho intramolecular Hbond substituents is 1. The summed E-state index contributed by atoms with van der Waals surface area (Å²) < 4.78 is 15.9. The fourth-order valence-electron chi connectivity index (χ4n) is 2.40.